The highest BCUT2D eigenvalue weighted by atomic mass is 19.1. The molecule has 0 radical (unpaired) electrons. The molecular formula is C15H18F2N4. The maximum atomic E-state index is 13.7. The molecule has 112 valence electrons. The minimum Gasteiger partial charge on any atom is -0.357 e. The summed E-state index contributed by atoms with van der Waals surface area (Å²) in [6.45, 7) is 7.55. The van der Waals surface area contributed by atoms with Gasteiger partial charge in [0.2, 0.25) is 5.95 Å². The number of benzene rings is 1. The van der Waals surface area contributed by atoms with Crippen molar-refractivity contribution >= 4 is 17.5 Å². The number of aromatic nitrogens is 2. The zero-order chi connectivity index (χ0) is 15.4. The molecule has 0 spiro atoms. The first-order valence-electron chi connectivity index (χ1n) is 6.86. The zero-order valence-corrected chi connectivity index (χ0v) is 12.3. The molecule has 21 heavy (non-hydrogen) atoms. The number of halogens is 2. The van der Waals surface area contributed by atoms with Gasteiger partial charge in [0.15, 0.2) is 0 Å². The van der Waals surface area contributed by atoms with Crippen LogP contribution in [-0.2, 0) is 0 Å². The minimum atomic E-state index is -0.676. The second-order valence-corrected chi connectivity index (χ2v) is 4.61. The summed E-state index contributed by atoms with van der Waals surface area (Å²) >= 11 is 0. The van der Waals surface area contributed by atoms with Crippen molar-refractivity contribution in [3.8, 4) is 0 Å². The molecule has 0 aliphatic rings. The second kappa shape index (κ2) is 6.47. The molecular weight excluding hydrogens is 274 g/mol. The summed E-state index contributed by atoms with van der Waals surface area (Å²) in [4.78, 5) is 10.7. The van der Waals surface area contributed by atoms with E-state index in [9.17, 15) is 8.78 Å². The van der Waals surface area contributed by atoms with Gasteiger partial charge in [0, 0.05) is 30.9 Å². The third-order valence-electron chi connectivity index (χ3n) is 3.11. The molecule has 0 amide bonds. The summed E-state index contributed by atoms with van der Waals surface area (Å²) in [5.41, 5.74) is 0.921. The lowest BCUT2D eigenvalue weighted by molar-refractivity contribution is 0.586. The minimum absolute atomic E-state index is 0.146. The van der Waals surface area contributed by atoms with E-state index in [1.165, 1.54) is 12.1 Å². The molecule has 0 saturated heterocycles. The molecule has 2 rings (SSSR count). The average Bonchev–Trinajstić information content (AvgIpc) is 2.43. The Morgan fingerprint density at radius 3 is 2.43 bits per heavy atom. The Bertz CT molecular complexity index is 627. The van der Waals surface area contributed by atoms with Crippen LogP contribution in [-0.4, -0.2) is 23.1 Å². The predicted molar refractivity (Wildman–Crippen MR) is 80.0 cm³/mol. The third-order valence-corrected chi connectivity index (χ3v) is 3.11. The zero-order valence-electron chi connectivity index (χ0n) is 12.3. The molecule has 0 unspecified atom stereocenters. The molecule has 0 aliphatic carbocycles. The first-order chi connectivity index (χ1) is 10.0. The molecule has 0 aliphatic heterocycles. The monoisotopic (exact) mass is 292 g/mol. The highest BCUT2D eigenvalue weighted by Gasteiger charge is 2.10. The van der Waals surface area contributed by atoms with Crippen LogP contribution < -0.4 is 10.2 Å². The molecule has 0 atom stereocenters. The largest absolute Gasteiger partial charge is 0.357 e. The van der Waals surface area contributed by atoms with Crippen LogP contribution in [0.5, 0.6) is 0 Å². The van der Waals surface area contributed by atoms with Gasteiger partial charge >= 0.3 is 0 Å². The van der Waals surface area contributed by atoms with Crippen LogP contribution >= 0.6 is 0 Å². The summed E-state index contributed by atoms with van der Waals surface area (Å²) in [7, 11) is 0. The van der Waals surface area contributed by atoms with Crippen LogP contribution in [0.15, 0.2) is 24.3 Å². The van der Waals surface area contributed by atoms with E-state index in [1.54, 1.807) is 0 Å². The van der Waals surface area contributed by atoms with E-state index in [2.05, 4.69) is 20.2 Å². The number of nitrogens with zero attached hydrogens (tertiary/aromatic N) is 3. The van der Waals surface area contributed by atoms with Gasteiger partial charge in [-0.05, 0) is 32.9 Å². The van der Waals surface area contributed by atoms with Crippen LogP contribution in [0.1, 0.15) is 19.5 Å². The second-order valence-electron chi connectivity index (χ2n) is 4.61. The lowest BCUT2D eigenvalue weighted by atomic mass is 10.3. The summed E-state index contributed by atoms with van der Waals surface area (Å²) in [6, 6.07) is 5.21. The van der Waals surface area contributed by atoms with Gasteiger partial charge in [-0.1, -0.05) is 0 Å². The van der Waals surface area contributed by atoms with Gasteiger partial charge in [-0.2, -0.15) is 4.98 Å². The van der Waals surface area contributed by atoms with Crippen molar-refractivity contribution in [3.63, 3.8) is 0 Å². The van der Waals surface area contributed by atoms with Crippen LogP contribution in [0.4, 0.5) is 26.2 Å². The van der Waals surface area contributed by atoms with E-state index in [4.69, 9.17) is 0 Å². The predicted octanol–water partition coefficient (Wildman–Crippen LogP) is 3.65. The Balaban J connectivity index is 2.31. The Kier molecular flexibility index (Phi) is 4.67. The van der Waals surface area contributed by atoms with Crippen LogP contribution in [0.3, 0.4) is 0 Å². The highest BCUT2D eigenvalue weighted by molar-refractivity contribution is 5.56. The Morgan fingerprint density at radius 2 is 1.81 bits per heavy atom. The molecule has 1 N–H and O–H groups in total. The van der Waals surface area contributed by atoms with Crippen molar-refractivity contribution in [2.24, 2.45) is 0 Å². The number of hydrogen-bond donors (Lipinski definition) is 1. The third kappa shape index (κ3) is 3.65. The summed E-state index contributed by atoms with van der Waals surface area (Å²) in [5.74, 6) is -0.225. The van der Waals surface area contributed by atoms with Crippen molar-refractivity contribution in [2.45, 2.75) is 20.8 Å². The fraction of sp³-hybridized carbons (Fsp3) is 0.333. The highest BCUT2D eigenvalue weighted by Crippen LogP contribution is 2.21. The van der Waals surface area contributed by atoms with E-state index in [1.807, 2.05) is 26.8 Å². The molecule has 0 fully saturated rings. The summed E-state index contributed by atoms with van der Waals surface area (Å²) in [6.07, 6.45) is 0. The molecule has 4 nitrogen and oxygen atoms in total. The average molecular weight is 292 g/mol. The molecule has 6 heteroatoms. The number of nitrogens with one attached hydrogen (secondary N) is 1. The molecule has 0 saturated carbocycles. The fourth-order valence-corrected chi connectivity index (χ4v) is 2.03. The van der Waals surface area contributed by atoms with Crippen molar-refractivity contribution < 1.29 is 8.78 Å². The van der Waals surface area contributed by atoms with Crippen molar-refractivity contribution in [3.05, 3.63) is 41.6 Å². The Morgan fingerprint density at radius 1 is 1.10 bits per heavy atom. The van der Waals surface area contributed by atoms with Gasteiger partial charge < -0.3 is 10.2 Å². The molecule has 1 aromatic carbocycles. The lowest BCUT2D eigenvalue weighted by Crippen LogP contribution is -2.23. The van der Waals surface area contributed by atoms with Crippen LogP contribution in [0.25, 0.3) is 0 Å². The number of anilines is 3. The Hall–Kier alpha value is -2.24. The molecule has 0 bridgehead atoms. The van der Waals surface area contributed by atoms with Gasteiger partial charge in [-0.15, -0.1) is 0 Å². The number of rotatable bonds is 5. The van der Waals surface area contributed by atoms with Crippen molar-refractivity contribution in [1.29, 1.82) is 0 Å². The van der Waals surface area contributed by atoms with Gasteiger partial charge in [-0.25, -0.2) is 13.8 Å². The molecule has 2 aromatic rings. The van der Waals surface area contributed by atoms with Crippen molar-refractivity contribution in [1.82, 2.24) is 9.97 Å². The Labute approximate surface area is 122 Å². The number of aryl methyl sites for hydroxylation is 1. The smallest absolute Gasteiger partial charge is 0.229 e. The van der Waals surface area contributed by atoms with Gasteiger partial charge in [0.1, 0.15) is 17.5 Å². The topological polar surface area (TPSA) is 41.1 Å². The normalized spacial score (nSPS) is 10.5. The van der Waals surface area contributed by atoms with E-state index in [0.29, 0.717) is 5.95 Å². The maximum Gasteiger partial charge on any atom is 0.229 e. The molecule has 1 aromatic heterocycles. The van der Waals surface area contributed by atoms with Gasteiger partial charge in [-0.3, -0.25) is 0 Å². The van der Waals surface area contributed by atoms with Crippen LogP contribution in [0, 0.1) is 18.6 Å². The van der Waals surface area contributed by atoms with E-state index in [0.717, 1.165) is 30.7 Å². The maximum absolute atomic E-state index is 13.7. The first kappa shape index (κ1) is 15.2. The van der Waals surface area contributed by atoms with Gasteiger partial charge in [0.25, 0.3) is 0 Å². The summed E-state index contributed by atoms with van der Waals surface area (Å²) < 4.78 is 26.6. The van der Waals surface area contributed by atoms with Gasteiger partial charge in [0.05, 0.1) is 5.69 Å². The lowest BCUT2D eigenvalue weighted by Gasteiger charge is -2.20. The van der Waals surface area contributed by atoms with Crippen LogP contribution in [0.2, 0.25) is 0 Å². The van der Waals surface area contributed by atoms with Crippen molar-refractivity contribution in [2.75, 3.05) is 23.3 Å². The quantitative estimate of drug-likeness (QED) is 0.913. The first-order valence-corrected chi connectivity index (χ1v) is 6.86. The fourth-order valence-electron chi connectivity index (χ4n) is 2.03. The van der Waals surface area contributed by atoms with E-state index < -0.39 is 11.6 Å². The molecule has 1 heterocycles. The van der Waals surface area contributed by atoms with E-state index in [-0.39, 0.29) is 5.69 Å². The van der Waals surface area contributed by atoms with E-state index >= 15 is 0 Å². The SMILES string of the molecule is CCN(CC)c1cc(C)nc(Nc2ccc(F)cc2F)n1. The summed E-state index contributed by atoms with van der Waals surface area (Å²) in [5, 5.41) is 2.79. The standard InChI is InChI=1S/C15H18F2N4/c1-4-21(5-2)14-8-10(3)18-15(20-14)19-13-7-6-11(16)9-12(13)17/h6-9H,4-5H2,1-3H3,(H,18,19,20). The number of hydrogen-bond acceptors (Lipinski definition) is 4.